The highest BCUT2D eigenvalue weighted by Crippen LogP contribution is 2.38. The van der Waals surface area contributed by atoms with Crippen molar-refractivity contribution in [1.82, 2.24) is 39.4 Å². The van der Waals surface area contributed by atoms with E-state index in [1.54, 1.807) is 17.1 Å². The molecule has 7 rings (SSSR count). The molecule has 1 aromatic carbocycles. The van der Waals surface area contributed by atoms with Crippen molar-refractivity contribution in [3.63, 3.8) is 0 Å². The third-order valence-electron chi connectivity index (χ3n) is 8.73. The first kappa shape index (κ1) is 33.8. The summed E-state index contributed by atoms with van der Waals surface area (Å²) in [7, 11) is 1.33. The smallest absolute Gasteiger partial charge is 0.421 e. The van der Waals surface area contributed by atoms with E-state index < -0.39 is 30.0 Å². The van der Waals surface area contributed by atoms with Crippen LogP contribution in [0.1, 0.15) is 41.1 Å². The molecule has 12 nitrogen and oxygen atoms in total. The number of imidazole rings is 1. The van der Waals surface area contributed by atoms with Crippen LogP contribution in [0.2, 0.25) is 5.02 Å². The molecule has 50 heavy (non-hydrogen) atoms. The number of esters is 1. The molecule has 2 aliphatic heterocycles. The standard InChI is InChI=1S/C33H31ClF4N8O4/c1-48-30(47)5-8-45-16-28(42-43-45)21-11-26-31(39-13-21)46(14-23-6-9-49-23)29(40-26)17-44-7-4-19-10-24(33(36,37)38)32(41-27(19)15-44)50-18-20-2-3-22(34)12-25(20)35/h2-3,10-13,16,23H,4-9,14-15,17-18H2,1H3/t23-/m0/s1. The van der Waals surface area contributed by atoms with Crippen molar-refractivity contribution in [3.05, 3.63) is 81.8 Å². The van der Waals surface area contributed by atoms with E-state index in [0.29, 0.717) is 78.7 Å². The predicted octanol–water partition coefficient (Wildman–Crippen LogP) is 5.39. The monoisotopic (exact) mass is 714 g/mol. The van der Waals surface area contributed by atoms with Crippen LogP contribution in [0.15, 0.2) is 42.7 Å². The Hall–Kier alpha value is -4.67. The fourth-order valence-electron chi connectivity index (χ4n) is 5.92. The van der Waals surface area contributed by atoms with Gasteiger partial charge in [-0.3, -0.25) is 14.4 Å². The molecule has 1 saturated heterocycles. The van der Waals surface area contributed by atoms with Gasteiger partial charge in [-0.1, -0.05) is 22.9 Å². The first-order valence-corrected chi connectivity index (χ1v) is 16.2. The van der Waals surface area contributed by atoms with Crippen molar-refractivity contribution in [3.8, 4) is 17.1 Å². The molecule has 0 unspecified atom stereocenters. The van der Waals surface area contributed by atoms with Crippen LogP contribution < -0.4 is 4.74 Å². The van der Waals surface area contributed by atoms with Crippen LogP contribution in [0, 0.1) is 5.82 Å². The lowest BCUT2D eigenvalue weighted by atomic mass is 10.0. The Balaban J connectivity index is 1.13. The molecule has 1 atom stereocenters. The number of benzene rings is 1. The maximum absolute atomic E-state index is 14.4. The van der Waals surface area contributed by atoms with Crippen LogP contribution >= 0.6 is 11.6 Å². The Labute approximate surface area is 287 Å². The molecule has 2 aliphatic rings. The van der Waals surface area contributed by atoms with Gasteiger partial charge in [-0.05, 0) is 42.7 Å². The molecule has 262 valence electrons. The van der Waals surface area contributed by atoms with Gasteiger partial charge >= 0.3 is 12.1 Å². The average molecular weight is 715 g/mol. The molecule has 5 aromatic rings. The quantitative estimate of drug-likeness (QED) is 0.130. The molecule has 1 fully saturated rings. The molecule has 0 radical (unpaired) electrons. The second-order valence-electron chi connectivity index (χ2n) is 12.1. The molecule has 0 N–H and O–H groups in total. The molecule has 0 bridgehead atoms. The molecule has 0 spiro atoms. The van der Waals surface area contributed by atoms with Crippen LogP contribution in [0.25, 0.3) is 22.4 Å². The van der Waals surface area contributed by atoms with Gasteiger partial charge in [-0.15, -0.1) is 5.10 Å². The summed E-state index contributed by atoms with van der Waals surface area (Å²) in [6.45, 7) is 2.17. The second-order valence-corrected chi connectivity index (χ2v) is 12.5. The molecule has 4 aromatic heterocycles. The van der Waals surface area contributed by atoms with Gasteiger partial charge in [0.1, 0.15) is 35.0 Å². The summed E-state index contributed by atoms with van der Waals surface area (Å²) in [5.74, 6) is -0.932. The Bertz CT molecular complexity index is 2050. The lowest BCUT2D eigenvalue weighted by Crippen LogP contribution is -2.34. The van der Waals surface area contributed by atoms with E-state index in [9.17, 15) is 22.4 Å². The predicted molar refractivity (Wildman–Crippen MR) is 170 cm³/mol. The number of carbonyl (C=O) groups is 1. The van der Waals surface area contributed by atoms with Crippen LogP contribution in [0.4, 0.5) is 17.6 Å². The van der Waals surface area contributed by atoms with Crippen molar-refractivity contribution in [2.75, 3.05) is 20.3 Å². The van der Waals surface area contributed by atoms with Gasteiger partial charge < -0.3 is 18.8 Å². The maximum atomic E-state index is 14.4. The highest BCUT2D eigenvalue weighted by atomic mass is 35.5. The van der Waals surface area contributed by atoms with Crippen LogP contribution in [-0.2, 0) is 59.7 Å². The van der Waals surface area contributed by atoms with Crippen LogP contribution in [-0.4, -0.2) is 71.7 Å². The molecule has 17 heteroatoms. The zero-order valence-electron chi connectivity index (χ0n) is 26.8. The number of nitrogens with zero attached hydrogens (tertiary/aromatic N) is 8. The minimum absolute atomic E-state index is 0.0112. The summed E-state index contributed by atoms with van der Waals surface area (Å²) >= 11 is 5.81. The summed E-state index contributed by atoms with van der Waals surface area (Å²) in [4.78, 5) is 27.5. The molecule has 0 aliphatic carbocycles. The first-order valence-electron chi connectivity index (χ1n) is 15.9. The highest BCUT2D eigenvalue weighted by molar-refractivity contribution is 6.30. The van der Waals surface area contributed by atoms with E-state index in [0.717, 1.165) is 18.6 Å². The molecule has 0 amide bonds. The SMILES string of the molecule is COC(=O)CCn1cc(-c2cnc3c(c2)nc(CN2CCc4cc(C(F)(F)F)c(OCc5ccc(Cl)cc5F)nc4C2)n3C[C@@H]2CCO2)nn1. The number of hydrogen-bond acceptors (Lipinski definition) is 10. The van der Waals surface area contributed by atoms with Gasteiger partial charge in [-0.2, -0.15) is 13.2 Å². The fraction of sp³-hybridized carbons (Fsp3) is 0.394. The van der Waals surface area contributed by atoms with Gasteiger partial charge in [0.05, 0.1) is 51.2 Å². The summed E-state index contributed by atoms with van der Waals surface area (Å²) < 4.78 is 76.0. The van der Waals surface area contributed by atoms with E-state index in [2.05, 4.69) is 20.2 Å². The summed E-state index contributed by atoms with van der Waals surface area (Å²) in [5, 5.41) is 8.49. The number of aromatic nitrogens is 7. The van der Waals surface area contributed by atoms with Crippen molar-refractivity contribution in [2.45, 2.75) is 64.3 Å². The third kappa shape index (κ3) is 7.27. The molecular weight excluding hydrogens is 684 g/mol. The van der Waals surface area contributed by atoms with E-state index in [1.165, 1.54) is 19.2 Å². The number of aryl methyl sites for hydroxylation is 1. The van der Waals surface area contributed by atoms with Gasteiger partial charge in [0, 0.05) is 42.0 Å². The number of methoxy groups -OCH3 is 1. The summed E-state index contributed by atoms with van der Waals surface area (Å²) in [6, 6.07) is 6.82. The Kier molecular flexibility index (Phi) is 9.41. The van der Waals surface area contributed by atoms with Gasteiger partial charge in [0.2, 0.25) is 5.88 Å². The fourth-order valence-corrected chi connectivity index (χ4v) is 6.08. The number of ether oxygens (including phenoxy) is 3. The normalized spacial score (nSPS) is 16.3. The second kappa shape index (κ2) is 13.9. The Morgan fingerprint density at radius 3 is 2.76 bits per heavy atom. The van der Waals surface area contributed by atoms with E-state index in [1.807, 2.05) is 10.6 Å². The number of pyridine rings is 2. The van der Waals surface area contributed by atoms with E-state index >= 15 is 0 Å². The number of rotatable bonds is 11. The topological polar surface area (TPSA) is 122 Å². The van der Waals surface area contributed by atoms with E-state index in [4.69, 9.17) is 35.8 Å². The number of alkyl halides is 3. The van der Waals surface area contributed by atoms with Gasteiger partial charge in [0.15, 0.2) is 5.65 Å². The summed E-state index contributed by atoms with van der Waals surface area (Å²) in [5.41, 5.74) is 2.52. The van der Waals surface area contributed by atoms with Gasteiger partial charge in [0.25, 0.3) is 0 Å². The van der Waals surface area contributed by atoms with E-state index in [-0.39, 0.29) is 35.6 Å². The van der Waals surface area contributed by atoms with Crippen molar-refractivity contribution >= 4 is 28.7 Å². The average Bonchev–Trinajstić information content (AvgIpc) is 3.68. The summed E-state index contributed by atoms with van der Waals surface area (Å²) in [6.07, 6.45) is 0.0945. The van der Waals surface area contributed by atoms with Crippen LogP contribution in [0.3, 0.4) is 0 Å². The number of carbonyl (C=O) groups excluding carboxylic acids is 1. The number of fused-ring (bicyclic) bond motifs is 2. The van der Waals surface area contributed by atoms with Crippen LogP contribution in [0.5, 0.6) is 5.88 Å². The zero-order valence-corrected chi connectivity index (χ0v) is 27.5. The first-order chi connectivity index (χ1) is 24.0. The Morgan fingerprint density at radius 1 is 1.18 bits per heavy atom. The maximum Gasteiger partial charge on any atom is 0.421 e. The van der Waals surface area contributed by atoms with Crippen molar-refractivity contribution in [2.24, 2.45) is 0 Å². The lowest BCUT2D eigenvalue weighted by molar-refractivity contribution is -0.141. The molecular formula is C33H31ClF4N8O4. The minimum atomic E-state index is -4.72. The number of halogens is 5. The highest BCUT2D eigenvalue weighted by Gasteiger charge is 2.37. The lowest BCUT2D eigenvalue weighted by Gasteiger charge is -2.30. The Morgan fingerprint density at radius 2 is 2.02 bits per heavy atom. The van der Waals surface area contributed by atoms with Crippen molar-refractivity contribution in [1.29, 1.82) is 0 Å². The minimum Gasteiger partial charge on any atom is -0.472 e. The number of hydrogen-bond donors (Lipinski definition) is 0. The molecule has 6 heterocycles. The third-order valence-corrected chi connectivity index (χ3v) is 8.96. The van der Waals surface area contributed by atoms with Crippen molar-refractivity contribution < 1.29 is 36.6 Å². The largest absolute Gasteiger partial charge is 0.472 e. The molecule has 0 saturated carbocycles. The zero-order chi connectivity index (χ0) is 35.0. The van der Waals surface area contributed by atoms with Gasteiger partial charge in [-0.25, -0.2) is 19.3 Å².